The Labute approximate surface area is 173 Å². The number of rotatable bonds is 4. The number of aromatic nitrogens is 1. The number of thiazole rings is 1. The molecule has 1 aromatic heterocycles. The number of hydrogen-bond donors (Lipinski definition) is 1. The number of hydrogen-bond acceptors (Lipinski definition) is 7. The number of nitrogens with zero attached hydrogens (tertiary/aromatic N) is 3. The maximum Gasteiger partial charge on any atom is 0.298 e. The van der Waals surface area contributed by atoms with Crippen LogP contribution in [0.4, 0.5) is 5.13 Å². The van der Waals surface area contributed by atoms with Gasteiger partial charge >= 0.3 is 0 Å². The standard InChI is InChI=1S/C19H20N4O4S2/c1-3-4-15(24)22-9-11-23(12-10-22)19-21-16(17(28-19)18(20)25)13-5-7-14(8-6-13)29(2,26)27/h5-8H,9-12H2,1-2H3,(H2,20,25). The number of carbonyl (C=O) groups excluding carboxylic acids is 2. The zero-order valence-corrected chi connectivity index (χ0v) is 17.6. The second kappa shape index (κ2) is 8.23. The number of anilines is 1. The number of piperazine rings is 1. The van der Waals surface area contributed by atoms with Crippen molar-refractivity contribution in [3.05, 3.63) is 29.1 Å². The van der Waals surface area contributed by atoms with E-state index < -0.39 is 15.7 Å². The molecular weight excluding hydrogens is 412 g/mol. The highest BCUT2D eigenvalue weighted by molar-refractivity contribution is 7.90. The summed E-state index contributed by atoms with van der Waals surface area (Å²) in [5, 5.41) is 0.634. The topological polar surface area (TPSA) is 114 Å². The van der Waals surface area contributed by atoms with E-state index in [1.54, 1.807) is 24.0 Å². The lowest BCUT2D eigenvalue weighted by molar-refractivity contribution is -0.125. The summed E-state index contributed by atoms with van der Waals surface area (Å²) < 4.78 is 23.3. The highest BCUT2D eigenvalue weighted by Gasteiger charge is 2.25. The van der Waals surface area contributed by atoms with E-state index in [0.29, 0.717) is 47.4 Å². The normalized spacial score (nSPS) is 14.3. The van der Waals surface area contributed by atoms with E-state index in [1.165, 1.54) is 23.5 Å². The Hall–Kier alpha value is -2.90. The van der Waals surface area contributed by atoms with Crippen LogP contribution in [0.5, 0.6) is 0 Å². The summed E-state index contributed by atoms with van der Waals surface area (Å²) in [4.78, 5) is 32.6. The summed E-state index contributed by atoms with van der Waals surface area (Å²) in [6, 6.07) is 6.19. The average molecular weight is 433 g/mol. The number of nitrogens with two attached hydrogens (primary N) is 1. The van der Waals surface area contributed by atoms with E-state index in [4.69, 9.17) is 5.73 Å². The van der Waals surface area contributed by atoms with Gasteiger partial charge in [-0.05, 0) is 25.0 Å². The van der Waals surface area contributed by atoms with Crippen molar-refractivity contribution in [2.24, 2.45) is 5.73 Å². The molecule has 0 unspecified atom stereocenters. The molecule has 2 heterocycles. The van der Waals surface area contributed by atoms with E-state index in [0.717, 1.165) is 6.26 Å². The fraction of sp³-hybridized carbons (Fsp3) is 0.316. The quantitative estimate of drug-likeness (QED) is 0.721. The highest BCUT2D eigenvalue weighted by Crippen LogP contribution is 2.33. The van der Waals surface area contributed by atoms with Crippen LogP contribution in [0.25, 0.3) is 11.3 Å². The maximum absolute atomic E-state index is 11.9. The zero-order valence-electron chi connectivity index (χ0n) is 16.0. The van der Waals surface area contributed by atoms with Crippen molar-refractivity contribution in [1.82, 2.24) is 9.88 Å². The first-order chi connectivity index (χ1) is 13.7. The van der Waals surface area contributed by atoms with Gasteiger partial charge in [0.15, 0.2) is 15.0 Å². The van der Waals surface area contributed by atoms with E-state index in [2.05, 4.69) is 16.8 Å². The van der Waals surface area contributed by atoms with Gasteiger partial charge in [-0.3, -0.25) is 9.59 Å². The van der Waals surface area contributed by atoms with Gasteiger partial charge in [0.05, 0.1) is 10.6 Å². The number of amides is 2. The van der Waals surface area contributed by atoms with E-state index in [1.807, 2.05) is 4.90 Å². The largest absolute Gasteiger partial charge is 0.365 e. The number of sulfone groups is 1. The van der Waals surface area contributed by atoms with Gasteiger partial charge in [-0.1, -0.05) is 29.4 Å². The number of benzene rings is 1. The summed E-state index contributed by atoms with van der Waals surface area (Å²) in [7, 11) is -3.32. The summed E-state index contributed by atoms with van der Waals surface area (Å²) in [6.45, 7) is 3.78. The fourth-order valence-corrected chi connectivity index (χ4v) is 4.58. The van der Waals surface area contributed by atoms with Crippen LogP contribution < -0.4 is 10.6 Å². The van der Waals surface area contributed by atoms with Gasteiger partial charge in [-0.25, -0.2) is 13.4 Å². The molecule has 0 radical (unpaired) electrons. The molecule has 1 aliphatic heterocycles. The van der Waals surface area contributed by atoms with Crippen molar-refractivity contribution in [3.63, 3.8) is 0 Å². The van der Waals surface area contributed by atoms with Gasteiger partial charge in [0.1, 0.15) is 4.88 Å². The van der Waals surface area contributed by atoms with Crippen molar-refractivity contribution < 1.29 is 18.0 Å². The predicted molar refractivity (Wildman–Crippen MR) is 111 cm³/mol. The lowest BCUT2D eigenvalue weighted by Gasteiger charge is -2.33. The van der Waals surface area contributed by atoms with Crippen LogP contribution in [0, 0.1) is 11.8 Å². The van der Waals surface area contributed by atoms with Crippen LogP contribution in [-0.4, -0.2) is 62.6 Å². The summed E-state index contributed by atoms with van der Waals surface area (Å²) in [5.41, 5.74) is 6.57. The summed E-state index contributed by atoms with van der Waals surface area (Å²) >= 11 is 1.19. The van der Waals surface area contributed by atoms with Crippen molar-refractivity contribution in [2.75, 3.05) is 37.3 Å². The van der Waals surface area contributed by atoms with Crippen LogP contribution in [-0.2, 0) is 14.6 Å². The lowest BCUT2D eigenvalue weighted by Crippen LogP contribution is -2.48. The molecule has 0 bridgehead atoms. The maximum atomic E-state index is 11.9. The summed E-state index contributed by atoms with van der Waals surface area (Å²) in [5.74, 6) is 4.35. The van der Waals surface area contributed by atoms with Crippen LogP contribution in [0.2, 0.25) is 0 Å². The van der Waals surface area contributed by atoms with Gasteiger partial charge in [0.25, 0.3) is 11.8 Å². The molecule has 0 atom stereocenters. The Morgan fingerprint density at radius 3 is 2.28 bits per heavy atom. The minimum Gasteiger partial charge on any atom is -0.365 e. The first-order valence-electron chi connectivity index (χ1n) is 8.78. The molecule has 29 heavy (non-hydrogen) atoms. The molecule has 0 saturated carbocycles. The fourth-order valence-electron chi connectivity index (χ4n) is 2.95. The van der Waals surface area contributed by atoms with Gasteiger partial charge in [0.2, 0.25) is 0 Å². The molecule has 10 heteroatoms. The molecule has 8 nitrogen and oxygen atoms in total. The molecule has 152 valence electrons. The molecule has 1 aliphatic rings. The predicted octanol–water partition coefficient (Wildman–Crippen LogP) is 0.984. The van der Waals surface area contributed by atoms with Crippen LogP contribution in [0.1, 0.15) is 16.6 Å². The van der Waals surface area contributed by atoms with Crippen molar-refractivity contribution in [1.29, 1.82) is 0 Å². The SMILES string of the molecule is CC#CC(=O)N1CCN(c2nc(-c3ccc(S(C)(=O)=O)cc3)c(C(N)=O)s2)CC1. The molecule has 2 amide bonds. The molecule has 2 N–H and O–H groups in total. The molecule has 0 spiro atoms. The lowest BCUT2D eigenvalue weighted by atomic mass is 10.1. The molecule has 0 aliphatic carbocycles. The molecular formula is C19H20N4O4S2. The summed E-state index contributed by atoms with van der Waals surface area (Å²) in [6.07, 6.45) is 1.13. The average Bonchev–Trinajstić information content (AvgIpc) is 3.13. The van der Waals surface area contributed by atoms with Gasteiger partial charge in [-0.15, -0.1) is 0 Å². The van der Waals surface area contributed by atoms with Crippen molar-refractivity contribution in [2.45, 2.75) is 11.8 Å². The van der Waals surface area contributed by atoms with Crippen molar-refractivity contribution in [3.8, 4) is 23.1 Å². The Balaban J connectivity index is 1.85. The first-order valence-corrected chi connectivity index (χ1v) is 11.5. The molecule has 1 saturated heterocycles. The Morgan fingerprint density at radius 1 is 1.14 bits per heavy atom. The molecule has 3 rings (SSSR count). The van der Waals surface area contributed by atoms with E-state index >= 15 is 0 Å². The third-order valence-corrected chi connectivity index (χ3v) is 6.72. The molecule has 1 aromatic carbocycles. The van der Waals surface area contributed by atoms with E-state index in [-0.39, 0.29) is 10.8 Å². The highest BCUT2D eigenvalue weighted by atomic mass is 32.2. The van der Waals surface area contributed by atoms with Crippen LogP contribution in [0.15, 0.2) is 29.2 Å². The zero-order chi connectivity index (χ0) is 21.2. The van der Waals surface area contributed by atoms with Gasteiger partial charge in [0, 0.05) is 38.0 Å². The number of primary amides is 1. The molecule has 2 aromatic rings. The monoisotopic (exact) mass is 432 g/mol. The van der Waals surface area contributed by atoms with Crippen molar-refractivity contribution >= 4 is 38.1 Å². The first kappa shape index (κ1) is 20.8. The minimum absolute atomic E-state index is 0.188. The smallest absolute Gasteiger partial charge is 0.298 e. The van der Waals surface area contributed by atoms with Crippen LogP contribution >= 0.6 is 11.3 Å². The third kappa shape index (κ3) is 4.58. The Morgan fingerprint density at radius 2 is 1.76 bits per heavy atom. The van der Waals surface area contributed by atoms with Gasteiger partial charge < -0.3 is 15.5 Å². The third-order valence-electron chi connectivity index (χ3n) is 4.46. The second-order valence-electron chi connectivity index (χ2n) is 6.49. The van der Waals surface area contributed by atoms with Crippen LogP contribution in [0.3, 0.4) is 0 Å². The number of carbonyl (C=O) groups is 2. The Kier molecular flexibility index (Phi) is 5.91. The Bertz CT molecular complexity index is 1100. The molecule has 1 fully saturated rings. The van der Waals surface area contributed by atoms with Gasteiger partial charge in [-0.2, -0.15) is 0 Å². The second-order valence-corrected chi connectivity index (χ2v) is 9.48. The van der Waals surface area contributed by atoms with E-state index in [9.17, 15) is 18.0 Å². The minimum atomic E-state index is -3.32.